The molecule has 6 nitrogen and oxygen atoms in total. The second kappa shape index (κ2) is 10.5. The van der Waals surface area contributed by atoms with E-state index in [-0.39, 0.29) is 11.8 Å². The maximum absolute atomic E-state index is 12.9. The lowest BCUT2D eigenvalue weighted by Gasteiger charge is -2.25. The van der Waals surface area contributed by atoms with Crippen molar-refractivity contribution >= 4 is 73.7 Å². The summed E-state index contributed by atoms with van der Waals surface area (Å²) in [6.07, 6.45) is 0.419. The topological polar surface area (TPSA) is 67.9 Å². The van der Waals surface area contributed by atoms with Crippen molar-refractivity contribution in [2.75, 3.05) is 13.6 Å². The Morgan fingerprint density at radius 3 is 2.61 bits per heavy atom. The predicted molar refractivity (Wildman–Crippen MR) is 130 cm³/mol. The van der Waals surface area contributed by atoms with Gasteiger partial charge >= 0.3 is 12.2 Å². The number of rotatable bonds is 7. The van der Waals surface area contributed by atoms with Crippen molar-refractivity contribution in [1.82, 2.24) is 10.2 Å². The summed E-state index contributed by atoms with van der Waals surface area (Å²) >= 11 is 15.6. The predicted octanol–water partition coefficient (Wildman–Crippen LogP) is 4.85. The molecule has 2 amide bonds. The fourth-order valence-electron chi connectivity index (χ4n) is 2.51. The third kappa shape index (κ3) is 6.22. The monoisotopic (exact) mass is 540 g/mol. The van der Waals surface area contributed by atoms with Crippen molar-refractivity contribution in [3.8, 4) is 11.5 Å². The quantitative estimate of drug-likeness (QED) is 0.307. The van der Waals surface area contributed by atoms with Crippen LogP contribution >= 0.6 is 51.5 Å². The first kappa shape index (κ1) is 23.6. The van der Waals surface area contributed by atoms with Gasteiger partial charge in [-0.15, -0.1) is 0 Å². The Balaban J connectivity index is 1.94. The van der Waals surface area contributed by atoms with E-state index in [1.807, 2.05) is 6.92 Å². The number of carbonyl (C=O) groups excluding carboxylic acids is 2. The molecular formula is C21H18BrClN2O4S2. The Morgan fingerprint density at radius 1 is 1.29 bits per heavy atom. The Morgan fingerprint density at radius 2 is 2.00 bits per heavy atom. The van der Waals surface area contributed by atoms with E-state index in [2.05, 4.69) is 21.2 Å². The number of amides is 2. The van der Waals surface area contributed by atoms with Gasteiger partial charge in [0.1, 0.15) is 15.8 Å². The molecule has 1 N–H and O–H groups in total. The normalized spacial score (nSPS) is 15.5. The molecule has 3 rings (SSSR count). The van der Waals surface area contributed by atoms with Crippen molar-refractivity contribution in [3.05, 3.63) is 62.4 Å². The highest BCUT2D eigenvalue weighted by Gasteiger charge is 2.27. The Labute approximate surface area is 203 Å². The van der Waals surface area contributed by atoms with Gasteiger partial charge in [0.2, 0.25) is 0 Å². The number of nitrogens with one attached hydrogen (secondary N) is 1. The maximum atomic E-state index is 12.9. The molecule has 0 aromatic heterocycles. The van der Waals surface area contributed by atoms with Crippen molar-refractivity contribution < 1.29 is 19.1 Å². The first-order valence-electron chi connectivity index (χ1n) is 9.15. The summed E-state index contributed by atoms with van der Waals surface area (Å²) in [5.41, 5.74) is 0.591. The minimum atomic E-state index is -1.24. The van der Waals surface area contributed by atoms with Crippen LogP contribution in [0.1, 0.15) is 12.5 Å². The fraction of sp³-hybridized carbons (Fsp3) is 0.190. The van der Waals surface area contributed by atoms with E-state index >= 15 is 0 Å². The molecule has 1 aliphatic heterocycles. The molecular weight excluding hydrogens is 524 g/mol. The van der Waals surface area contributed by atoms with E-state index < -0.39 is 6.29 Å². The zero-order chi connectivity index (χ0) is 22.5. The van der Waals surface area contributed by atoms with Crippen LogP contribution in [-0.2, 0) is 9.59 Å². The van der Waals surface area contributed by atoms with Crippen molar-refractivity contribution in [1.29, 1.82) is 0 Å². The van der Waals surface area contributed by atoms with Gasteiger partial charge in [-0.3, -0.25) is 9.59 Å². The molecule has 1 saturated heterocycles. The highest BCUT2D eigenvalue weighted by atomic mass is 79.9. The summed E-state index contributed by atoms with van der Waals surface area (Å²) in [6, 6.07) is 11.9. The zero-order valence-electron chi connectivity index (χ0n) is 16.6. The van der Waals surface area contributed by atoms with Crippen LogP contribution in [0.3, 0.4) is 0 Å². The molecule has 0 radical (unpaired) electrons. The lowest BCUT2D eigenvalue weighted by molar-refractivity contribution is -0.150. The smallest absolute Gasteiger partial charge is 0.321 e. The zero-order valence-corrected chi connectivity index (χ0v) is 20.5. The first-order valence-corrected chi connectivity index (χ1v) is 11.5. The number of nitrogens with zero attached hydrogens (tertiary/aromatic N) is 1. The molecule has 1 atom stereocenters. The van der Waals surface area contributed by atoms with Crippen LogP contribution in [0.5, 0.6) is 11.5 Å². The van der Waals surface area contributed by atoms with Gasteiger partial charge in [-0.1, -0.05) is 51.5 Å². The lowest BCUT2D eigenvalue weighted by Crippen LogP contribution is -2.43. The first-order chi connectivity index (χ1) is 14.8. The lowest BCUT2D eigenvalue weighted by atomic mass is 10.2. The molecule has 2 aromatic rings. The number of benzene rings is 2. The summed E-state index contributed by atoms with van der Waals surface area (Å²) < 4.78 is 13.0. The summed E-state index contributed by atoms with van der Waals surface area (Å²) in [4.78, 5) is 26.9. The molecule has 10 heteroatoms. The minimum absolute atomic E-state index is 0.281. The van der Waals surface area contributed by atoms with Gasteiger partial charge in [-0.2, -0.15) is 0 Å². The largest absolute Gasteiger partial charge is 0.446 e. The molecule has 1 fully saturated rings. The summed E-state index contributed by atoms with van der Waals surface area (Å²) in [7, 11) is 1.66. The van der Waals surface area contributed by atoms with Gasteiger partial charge < -0.3 is 19.7 Å². The van der Waals surface area contributed by atoms with Crippen LogP contribution in [-0.4, -0.2) is 40.9 Å². The second-order valence-electron chi connectivity index (χ2n) is 6.41. The van der Waals surface area contributed by atoms with Crippen molar-refractivity contribution in [3.63, 3.8) is 0 Å². The van der Waals surface area contributed by atoms with Crippen molar-refractivity contribution in [2.24, 2.45) is 0 Å². The second-order valence-corrected chi connectivity index (χ2v) is 9.48. The number of ether oxygens (including phenoxy) is 2. The summed E-state index contributed by atoms with van der Waals surface area (Å²) in [6.45, 7) is 2.33. The number of hydrogen-bond acceptors (Lipinski definition) is 6. The van der Waals surface area contributed by atoms with E-state index in [0.29, 0.717) is 37.9 Å². The van der Waals surface area contributed by atoms with E-state index in [9.17, 15) is 9.59 Å². The van der Waals surface area contributed by atoms with Crippen LogP contribution in [0.15, 0.2) is 51.8 Å². The summed E-state index contributed by atoms with van der Waals surface area (Å²) in [5.74, 6) is 0.170. The molecule has 1 aliphatic rings. The fourth-order valence-corrected chi connectivity index (χ4v) is 4.05. The molecule has 31 heavy (non-hydrogen) atoms. The number of likely N-dealkylation sites (N-methyl/N-ethyl adjacent to an activating group) is 1. The number of carbonyl (C=O) groups is 2. The van der Waals surface area contributed by atoms with Gasteiger partial charge in [0.05, 0.1) is 4.91 Å². The molecule has 162 valence electrons. The van der Waals surface area contributed by atoms with Gasteiger partial charge in [0, 0.05) is 28.7 Å². The van der Waals surface area contributed by atoms with E-state index in [0.717, 1.165) is 16.2 Å². The Kier molecular flexibility index (Phi) is 7.99. The van der Waals surface area contributed by atoms with Gasteiger partial charge in [0.25, 0.3) is 5.91 Å². The van der Waals surface area contributed by atoms with Crippen molar-refractivity contribution in [2.45, 2.75) is 13.2 Å². The molecule has 0 saturated carbocycles. The minimum Gasteiger partial charge on any atom is -0.446 e. The number of hydrogen-bond donors (Lipinski definition) is 1. The molecule has 1 unspecified atom stereocenters. The van der Waals surface area contributed by atoms with Gasteiger partial charge in [-0.05, 0) is 55.5 Å². The van der Waals surface area contributed by atoms with E-state index in [1.54, 1.807) is 55.6 Å². The SMILES string of the molecule is CCN(C)C(=O)C(Oc1ccc(Cl)cc1)Oc1ccc(Br)cc1C=C1SC(=S)NC1=O. The van der Waals surface area contributed by atoms with E-state index in [4.69, 9.17) is 33.3 Å². The van der Waals surface area contributed by atoms with E-state index in [1.165, 1.54) is 4.90 Å². The number of halogens is 2. The standard InChI is InChI=1S/C21H18BrClN2O4S2/c1-3-25(2)19(27)20(28-15-7-5-14(23)6-8-15)29-16-9-4-13(22)10-12(16)11-17-18(26)24-21(30)31-17/h4-11,20H,3H2,1-2H3,(H,24,26,30). The summed E-state index contributed by atoms with van der Waals surface area (Å²) in [5, 5.41) is 3.13. The van der Waals surface area contributed by atoms with Crippen LogP contribution in [0, 0.1) is 0 Å². The third-order valence-electron chi connectivity index (χ3n) is 4.24. The molecule has 0 bridgehead atoms. The maximum Gasteiger partial charge on any atom is 0.321 e. The molecule has 0 aliphatic carbocycles. The third-order valence-corrected chi connectivity index (χ3v) is 6.15. The van der Waals surface area contributed by atoms with Crippen LogP contribution in [0.4, 0.5) is 0 Å². The average Bonchev–Trinajstić information content (AvgIpc) is 3.06. The Hall–Kier alpha value is -2.07. The molecule has 1 heterocycles. The van der Waals surface area contributed by atoms with Crippen LogP contribution in [0.2, 0.25) is 5.02 Å². The van der Waals surface area contributed by atoms with Crippen LogP contribution in [0.25, 0.3) is 6.08 Å². The molecule has 0 spiro atoms. The highest BCUT2D eigenvalue weighted by molar-refractivity contribution is 9.10. The van der Waals surface area contributed by atoms with Gasteiger partial charge in [-0.25, -0.2) is 0 Å². The highest BCUT2D eigenvalue weighted by Crippen LogP contribution is 2.32. The number of thioether (sulfide) groups is 1. The molecule has 2 aromatic carbocycles. The average molecular weight is 542 g/mol. The van der Waals surface area contributed by atoms with Crippen LogP contribution < -0.4 is 14.8 Å². The number of thiocarbonyl (C=S) groups is 1. The van der Waals surface area contributed by atoms with Gasteiger partial charge in [0.15, 0.2) is 0 Å². The Bertz CT molecular complexity index is 1050.